The van der Waals surface area contributed by atoms with Gasteiger partial charge in [0.05, 0.1) is 45.4 Å². The van der Waals surface area contributed by atoms with Gasteiger partial charge in [-0.2, -0.15) is 0 Å². The summed E-state index contributed by atoms with van der Waals surface area (Å²) in [7, 11) is 0. The fourth-order valence-electron chi connectivity index (χ4n) is 6.82. The van der Waals surface area contributed by atoms with Crippen LogP contribution in [0.3, 0.4) is 0 Å². The van der Waals surface area contributed by atoms with E-state index in [-0.39, 0.29) is 60.1 Å². The molecule has 4 bridgehead atoms. The first-order chi connectivity index (χ1) is 19.2. The van der Waals surface area contributed by atoms with Gasteiger partial charge in [-0.15, -0.1) is 0 Å². The lowest BCUT2D eigenvalue weighted by atomic mass is 9.52. The predicted octanol–water partition coefficient (Wildman–Crippen LogP) is 4.64. The number of nitrogens with zero attached hydrogens (tertiary/aromatic N) is 2. The Morgan fingerprint density at radius 1 is 0.675 bits per heavy atom. The van der Waals surface area contributed by atoms with E-state index in [1.165, 1.54) is 48.5 Å². The molecule has 0 aromatic heterocycles. The lowest BCUT2D eigenvalue weighted by Gasteiger charge is -2.61. The Labute approximate surface area is 229 Å². The van der Waals surface area contributed by atoms with Gasteiger partial charge in [-0.1, -0.05) is 0 Å². The molecule has 0 atom stereocenters. The van der Waals surface area contributed by atoms with Crippen molar-refractivity contribution in [1.29, 1.82) is 0 Å². The van der Waals surface area contributed by atoms with Crippen LogP contribution in [-0.2, 0) is 18.9 Å². The Morgan fingerprint density at radius 3 is 1.40 bits per heavy atom. The van der Waals surface area contributed by atoms with Crippen molar-refractivity contribution in [1.82, 2.24) is 0 Å². The molecule has 0 aliphatic heterocycles. The Hall–Kier alpha value is -3.90. The molecule has 2 aromatic carbocycles. The van der Waals surface area contributed by atoms with E-state index in [9.17, 15) is 29.8 Å². The maximum atomic E-state index is 12.3. The van der Waals surface area contributed by atoms with E-state index < -0.39 is 21.8 Å². The Balaban J connectivity index is 1.08. The van der Waals surface area contributed by atoms with Crippen LogP contribution in [0.2, 0.25) is 0 Å². The number of rotatable bonds is 12. The van der Waals surface area contributed by atoms with Gasteiger partial charge in [0.15, 0.2) is 0 Å². The molecular weight excluding hydrogens is 524 g/mol. The molecule has 0 spiro atoms. The minimum absolute atomic E-state index is 0.0688. The van der Waals surface area contributed by atoms with E-state index in [2.05, 4.69) is 0 Å². The Morgan fingerprint density at radius 2 is 1.05 bits per heavy atom. The van der Waals surface area contributed by atoms with Gasteiger partial charge in [0.25, 0.3) is 11.4 Å². The number of esters is 2. The first kappa shape index (κ1) is 27.7. The molecule has 12 nitrogen and oxygen atoms in total. The average molecular weight is 555 g/mol. The smallest absolute Gasteiger partial charge is 0.338 e. The quantitative estimate of drug-likeness (QED) is 0.157. The molecule has 4 aliphatic carbocycles. The zero-order valence-electron chi connectivity index (χ0n) is 21.8. The third kappa shape index (κ3) is 6.13. The van der Waals surface area contributed by atoms with Gasteiger partial charge < -0.3 is 18.9 Å². The fraction of sp³-hybridized carbons (Fsp3) is 0.500. The second kappa shape index (κ2) is 11.3. The first-order valence-electron chi connectivity index (χ1n) is 13.3. The Kier molecular flexibility index (Phi) is 7.81. The van der Waals surface area contributed by atoms with Crippen LogP contribution in [0.15, 0.2) is 48.5 Å². The molecule has 12 heteroatoms. The maximum Gasteiger partial charge on any atom is 0.338 e. The van der Waals surface area contributed by atoms with E-state index in [1.54, 1.807) is 0 Å². The number of nitro benzene ring substituents is 2. The molecule has 0 amide bonds. The van der Waals surface area contributed by atoms with Crippen LogP contribution in [0.4, 0.5) is 11.4 Å². The monoisotopic (exact) mass is 554 g/mol. The van der Waals surface area contributed by atoms with Crippen molar-refractivity contribution in [3.63, 3.8) is 0 Å². The van der Waals surface area contributed by atoms with Crippen molar-refractivity contribution in [2.45, 2.75) is 49.7 Å². The van der Waals surface area contributed by atoms with Crippen LogP contribution < -0.4 is 0 Å². The molecule has 6 rings (SSSR count). The maximum absolute atomic E-state index is 12.3. The number of non-ortho nitro benzene ring substituents is 2. The largest absolute Gasteiger partial charge is 0.460 e. The minimum Gasteiger partial charge on any atom is -0.460 e. The van der Waals surface area contributed by atoms with Crippen LogP contribution in [-0.4, -0.2) is 59.4 Å². The minimum atomic E-state index is -0.563. The summed E-state index contributed by atoms with van der Waals surface area (Å²) in [5.74, 6) is -0.169. The standard InChI is InChI=1S/C28H30N2O10/c31-25(21-1-5-23(6-2-21)29(33)34)37-9-11-39-27-14-19-13-20(15-27)17-28(16-19,18-27)40-12-10-38-26(32)22-3-7-24(8-4-22)30(35)36/h1-8,19-20H,9-18H2. The van der Waals surface area contributed by atoms with Crippen LogP contribution in [0.5, 0.6) is 0 Å². The summed E-state index contributed by atoms with van der Waals surface area (Å²) in [4.78, 5) is 45.1. The second-order valence-electron chi connectivity index (χ2n) is 10.9. The summed E-state index contributed by atoms with van der Waals surface area (Å²) >= 11 is 0. The molecule has 2 aromatic rings. The van der Waals surface area contributed by atoms with Gasteiger partial charge in [0.2, 0.25) is 0 Å². The summed E-state index contributed by atoms with van der Waals surface area (Å²) in [6.07, 6.45) is 5.58. The van der Waals surface area contributed by atoms with Gasteiger partial charge in [-0.3, -0.25) is 20.2 Å². The number of nitro groups is 2. The van der Waals surface area contributed by atoms with E-state index >= 15 is 0 Å². The molecular formula is C28H30N2O10. The number of ether oxygens (including phenoxy) is 4. The summed E-state index contributed by atoms with van der Waals surface area (Å²) in [5.41, 5.74) is -0.413. The topological polar surface area (TPSA) is 157 Å². The summed E-state index contributed by atoms with van der Waals surface area (Å²) < 4.78 is 23.4. The molecule has 0 N–H and O–H groups in total. The van der Waals surface area contributed by atoms with Crippen LogP contribution >= 0.6 is 0 Å². The lowest BCUT2D eigenvalue weighted by Crippen LogP contribution is -2.61. The van der Waals surface area contributed by atoms with Crippen LogP contribution in [0, 0.1) is 32.1 Å². The molecule has 0 saturated heterocycles. The number of hydrogen-bond donors (Lipinski definition) is 0. The number of hydrogen-bond acceptors (Lipinski definition) is 10. The van der Waals surface area contributed by atoms with Crippen molar-refractivity contribution in [2.24, 2.45) is 11.8 Å². The zero-order valence-corrected chi connectivity index (χ0v) is 21.8. The first-order valence-corrected chi connectivity index (χ1v) is 13.3. The highest BCUT2D eigenvalue weighted by atomic mass is 16.6. The predicted molar refractivity (Wildman–Crippen MR) is 139 cm³/mol. The van der Waals surface area contributed by atoms with Crippen molar-refractivity contribution in [2.75, 3.05) is 26.4 Å². The third-order valence-corrected chi connectivity index (χ3v) is 8.03. The third-order valence-electron chi connectivity index (χ3n) is 8.03. The van der Waals surface area contributed by atoms with Crippen LogP contribution in [0.25, 0.3) is 0 Å². The van der Waals surface area contributed by atoms with E-state index in [0.29, 0.717) is 11.8 Å². The molecule has 0 radical (unpaired) electrons. The summed E-state index contributed by atoms with van der Waals surface area (Å²) in [5, 5.41) is 21.6. The highest BCUT2D eigenvalue weighted by Gasteiger charge is 2.59. The van der Waals surface area contributed by atoms with E-state index in [4.69, 9.17) is 18.9 Å². The molecule has 4 aliphatic rings. The highest BCUT2D eigenvalue weighted by Crippen LogP contribution is 2.60. The molecule has 212 valence electrons. The van der Waals surface area contributed by atoms with Gasteiger partial charge >= 0.3 is 11.9 Å². The van der Waals surface area contributed by atoms with Crippen molar-refractivity contribution in [3.05, 3.63) is 79.9 Å². The number of carbonyl (C=O) groups excluding carboxylic acids is 2. The number of carbonyl (C=O) groups is 2. The van der Waals surface area contributed by atoms with E-state index in [0.717, 1.165) is 38.5 Å². The van der Waals surface area contributed by atoms with E-state index in [1.807, 2.05) is 0 Å². The van der Waals surface area contributed by atoms with Crippen LogP contribution in [0.1, 0.15) is 59.2 Å². The molecule has 40 heavy (non-hydrogen) atoms. The molecule has 4 saturated carbocycles. The SMILES string of the molecule is O=C(OCCOC12CC3CC(C1)CC(OCCOC(=O)c1ccc([N+](=O)[O-])cc1)(C3)C2)c1ccc([N+](=O)[O-])cc1. The fourth-order valence-corrected chi connectivity index (χ4v) is 6.82. The normalized spacial score (nSPS) is 26.3. The lowest BCUT2D eigenvalue weighted by molar-refractivity contribution is -0.385. The molecule has 4 fully saturated rings. The zero-order chi connectivity index (χ0) is 28.3. The Bertz CT molecular complexity index is 1170. The summed E-state index contributed by atoms with van der Waals surface area (Å²) in [6, 6.07) is 10.5. The average Bonchev–Trinajstić information content (AvgIpc) is 2.92. The van der Waals surface area contributed by atoms with Gasteiger partial charge in [0.1, 0.15) is 13.2 Å². The number of benzene rings is 2. The summed E-state index contributed by atoms with van der Waals surface area (Å²) in [6.45, 7) is 0.612. The van der Waals surface area contributed by atoms with Gasteiger partial charge in [0, 0.05) is 30.7 Å². The van der Waals surface area contributed by atoms with Crippen molar-refractivity contribution < 1.29 is 38.4 Å². The van der Waals surface area contributed by atoms with Gasteiger partial charge in [-0.05, 0) is 68.2 Å². The molecule has 0 unspecified atom stereocenters. The highest BCUT2D eigenvalue weighted by molar-refractivity contribution is 5.90. The molecule has 0 heterocycles. The van der Waals surface area contributed by atoms with Crippen molar-refractivity contribution >= 4 is 23.3 Å². The van der Waals surface area contributed by atoms with Gasteiger partial charge in [-0.25, -0.2) is 9.59 Å². The second-order valence-corrected chi connectivity index (χ2v) is 10.9. The van der Waals surface area contributed by atoms with Crippen molar-refractivity contribution in [3.8, 4) is 0 Å².